The lowest BCUT2D eigenvalue weighted by Gasteiger charge is -2.07. The number of nitriles is 1. The summed E-state index contributed by atoms with van der Waals surface area (Å²) in [6.45, 7) is 0.514. The van der Waals surface area contributed by atoms with E-state index in [9.17, 15) is 14.8 Å². The summed E-state index contributed by atoms with van der Waals surface area (Å²) in [5.41, 5.74) is 0.438. The first-order valence-corrected chi connectivity index (χ1v) is 7.15. The van der Waals surface area contributed by atoms with Crippen LogP contribution in [-0.4, -0.2) is 31.9 Å². The Morgan fingerprint density at radius 2 is 2.08 bits per heavy atom. The van der Waals surface area contributed by atoms with Crippen LogP contribution < -0.4 is 10.9 Å². The van der Waals surface area contributed by atoms with Gasteiger partial charge < -0.3 is 15.1 Å². The molecule has 1 aromatic carbocycles. The molecule has 8 nitrogen and oxygen atoms in total. The van der Waals surface area contributed by atoms with E-state index in [0.29, 0.717) is 10.3 Å². The summed E-state index contributed by atoms with van der Waals surface area (Å²) in [5.74, 6) is -0.231. The van der Waals surface area contributed by atoms with Gasteiger partial charge in [-0.25, -0.2) is 4.98 Å². The number of nitrogens with one attached hydrogen (secondary N) is 1. The highest BCUT2D eigenvalue weighted by atomic mass is 16.5. The van der Waals surface area contributed by atoms with Gasteiger partial charge >= 0.3 is 5.56 Å². The standard InChI is InChI=1S/C16H13N5O3/c17-8-12-9-20(14-13(12)19-10-21(24)16(14)23)7-6-18-15(22)11-4-2-1-3-5-11/h1-5,9-10,24H,6-7H2,(H,18,22). The average Bonchev–Trinajstić information content (AvgIpc) is 2.97. The Labute approximate surface area is 136 Å². The van der Waals surface area contributed by atoms with Gasteiger partial charge in [-0.05, 0) is 12.1 Å². The zero-order valence-corrected chi connectivity index (χ0v) is 12.5. The number of benzene rings is 1. The molecule has 24 heavy (non-hydrogen) atoms. The van der Waals surface area contributed by atoms with Crippen molar-refractivity contribution >= 4 is 16.9 Å². The fraction of sp³-hybridized carbons (Fsp3) is 0.125. The van der Waals surface area contributed by atoms with Crippen LogP contribution in [0.3, 0.4) is 0 Å². The average molecular weight is 323 g/mol. The molecule has 0 saturated carbocycles. The van der Waals surface area contributed by atoms with Crippen LogP contribution in [0.15, 0.2) is 47.7 Å². The van der Waals surface area contributed by atoms with E-state index < -0.39 is 5.56 Å². The number of rotatable bonds is 4. The molecule has 0 atom stereocenters. The Hall–Kier alpha value is -3.60. The first-order chi connectivity index (χ1) is 11.6. The van der Waals surface area contributed by atoms with Gasteiger partial charge in [0, 0.05) is 24.8 Å². The minimum atomic E-state index is -0.670. The molecule has 0 spiro atoms. The molecule has 0 aliphatic carbocycles. The number of carbonyl (C=O) groups is 1. The number of hydrogen-bond donors (Lipinski definition) is 2. The number of carbonyl (C=O) groups excluding carboxylic acids is 1. The van der Waals surface area contributed by atoms with Crippen LogP contribution in [0.1, 0.15) is 15.9 Å². The maximum absolute atomic E-state index is 12.1. The van der Waals surface area contributed by atoms with Crippen LogP contribution in [0.4, 0.5) is 0 Å². The number of nitrogens with zero attached hydrogens (tertiary/aromatic N) is 4. The third-order valence-electron chi connectivity index (χ3n) is 3.55. The largest absolute Gasteiger partial charge is 0.424 e. The smallest absolute Gasteiger partial charge is 0.310 e. The van der Waals surface area contributed by atoms with Crippen molar-refractivity contribution in [3.8, 4) is 6.07 Å². The highest BCUT2D eigenvalue weighted by Crippen LogP contribution is 2.14. The van der Waals surface area contributed by atoms with Crippen LogP contribution in [0.5, 0.6) is 0 Å². The maximum Gasteiger partial charge on any atom is 0.310 e. The van der Waals surface area contributed by atoms with Crippen molar-refractivity contribution in [2.75, 3.05) is 6.54 Å². The van der Waals surface area contributed by atoms with E-state index >= 15 is 0 Å². The summed E-state index contributed by atoms with van der Waals surface area (Å²) in [6, 6.07) is 10.7. The molecule has 0 aliphatic rings. The summed E-state index contributed by atoms with van der Waals surface area (Å²) in [4.78, 5) is 27.9. The second-order valence-corrected chi connectivity index (χ2v) is 5.06. The second kappa shape index (κ2) is 6.26. The van der Waals surface area contributed by atoms with Gasteiger partial charge in [-0.1, -0.05) is 18.2 Å². The van der Waals surface area contributed by atoms with E-state index in [-0.39, 0.29) is 35.6 Å². The Kier molecular flexibility index (Phi) is 3.99. The predicted molar refractivity (Wildman–Crippen MR) is 84.7 cm³/mol. The third-order valence-corrected chi connectivity index (χ3v) is 3.55. The van der Waals surface area contributed by atoms with E-state index in [4.69, 9.17) is 5.26 Å². The van der Waals surface area contributed by atoms with Gasteiger partial charge in [0.05, 0.1) is 5.56 Å². The number of aromatic nitrogens is 3. The Bertz CT molecular complexity index is 998. The third kappa shape index (κ3) is 2.70. The second-order valence-electron chi connectivity index (χ2n) is 5.06. The zero-order valence-electron chi connectivity index (χ0n) is 12.5. The van der Waals surface area contributed by atoms with E-state index in [0.717, 1.165) is 6.33 Å². The number of amides is 1. The normalized spacial score (nSPS) is 10.5. The quantitative estimate of drug-likeness (QED) is 0.687. The Morgan fingerprint density at radius 3 is 2.79 bits per heavy atom. The van der Waals surface area contributed by atoms with Gasteiger partial charge in [-0.2, -0.15) is 5.26 Å². The first kappa shape index (κ1) is 15.3. The Balaban J connectivity index is 1.81. The topological polar surface area (TPSA) is 113 Å². The predicted octanol–water partition coefficient (Wildman–Crippen LogP) is 0.737. The molecule has 0 bridgehead atoms. The summed E-state index contributed by atoms with van der Waals surface area (Å²) < 4.78 is 1.86. The molecule has 2 heterocycles. The monoisotopic (exact) mass is 323 g/mol. The van der Waals surface area contributed by atoms with Crippen molar-refractivity contribution in [1.82, 2.24) is 19.6 Å². The minimum Gasteiger partial charge on any atom is -0.424 e. The van der Waals surface area contributed by atoms with Crippen LogP contribution in [0.25, 0.3) is 11.0 Å². The van der Waals surface area contributed by atoms with Crippen molar-refractivity contribution in [1.29, 1.82) is 5.26 Å². The maximum atomic E-state index is 12.1. The molecule has 2 aromatic heterocycles. The SMILES string of the molecule is N#Cc1cn(CCNC(=O)c2ccccc2)c2c(=O)n(O)cnc12. The van der Waals surface area contributed by atoms with E-state index in [1.165, 1.54) is 10.8 Å². The molecule has 0 radical (unpaired) electrons. The van der Waals surface area contributed by atoms with Crippen molar-refractivity contribution in [2.45, 2.75) is 6.54 Å². The lowest BCUT2D eigenvalue weighted by atomic mass is 10.2. The molecule has 0 saturated heterocycles. The lowest BCUT2D eigenvalue weighted by Crippen LogP contribution is -2.28. The van der Waals surface area contributed by atoms with Crippen molar-refractivity contribution in [3.05, 3.63) is 64.3 Å². The van der Waals surface area contributed by atoms with Crippen LogP contribution >= 0.6 is 0 Å². The molecule has 3 aromatic rings. The lowest BCUT2D eigenvalue weighted by molar-refractivity contribution is 0.0952. The molecular weight excluding hydrogens is 310 g/mol. The zero-order chi connectivity index (χ0) is 17.1. The highest BCUT2D eigenvalue weighted by molar-refractivity contribution is 5.94. The van der Waals surface area contributed by atoms with Crippen molar-refractivity contribution in [3.63, 3.8) is 0 Å². The van der Waals surface area contributed by atoms with Gasteiger partial charge in [-0.3, -0.25) is 9.59 Å². The van der Waals surface area contributed by atoms with E-state index in [2.05, 4.69) is 10.3 Å². The molecule has 0 fully saturated rings. The fourth-order valence-electron chi connectivity index (χ4n) is 2.41. The molecule has 2 N–H and O–H groups in total. The number of hydrogen-bond acceptors (Lipinski definition) is 5. The molecular formula is C16H13N5O3. The summed E-state index contributed by atoms with van der Waals surface area (Å²) in [7, 11) is 0. The molecule has 0 aliphatic heterocycles. The van der Waals surface area contributed by atoms with Gasteiger partial charge in [0.2, 0.25) is 0 Å². The van der Waals surface area contributed by atoms with Crippen LogP contribution in [0.2, 0.25) is 0 Å². The van der Waals surface area contributed by atoms with Gasteiger partial charge in [0.1, 0.15) is 23.4 Å². The highest BCUT2D eigenvalue weighted by Gasteiger charge is 2.15. The number of fused-ring (bicyclic) bond motifs is 1. The first-order valence-electron chi connectivity index (χ1n) is 7.15. The summed E-state index contributed by atoms with van der Waals surface area (Å²) in [6.07, 6.45) is 2.43. The van der Waals surface area contributed by atoms with Crippen LogP contribution in [-0.2, 0) is 6.54 Å². The van der Waals surface area contributed by atoms with Crippen LogP contribution in [0, 0.1) is 11.3 Å². The minimum absolute atomic E-state index is 0.116. The summed E-state index contributed by atoms with van der Waals surface area (Å²) >= 11 is 0. The van der Waals surface area contributed by atoms with E-state index in [1.807, 2.05) is 12.1 Å². The van der Waals surface area contributed by atoms with Gasteiger partial charge in [0.15, 0.2) is 0 Å². The van der Waals surface area contributed by atoms with Crippen molar-refractivity contribution in [2.24, 2.45) is 0 Å². The summed E-state index contributed by atoms with van der Waals surface area (Å²) in [5, 5.41) is 21.3. The molecule has 1 amide bonds. The molecule has 0 unspecified atom stereocenters. The fourth-order valence-corrected chi connectivity index (χ4v) is 2.41. The molecule has 8 heteroatoms. The van der Waals surface area contributed by atoms with Gasteiger partial charge in [-0.15, -0.1) is 4.73 Å². The van der Waals surface area contributed by atoms with E-state index in [1.54, 1.807) is 24.3 Å². The molecule has 120 valence electrons. The Morgan fingerprint density at radius 1 is 1.33 bits per heavy atom. The van der Waals surface area contributed by atoms with Gasteiger partial charge in [0.25, 0.3) is 5.91 Å². The molecule has 3 rings (SSSR count). The van der Waals surface area contributed by atoms with Crippen molar-refractivity contribution < 1.29 is 10.0 Å².